The number of hydrogen-bond donors (Lipinski definition) is 2. The molecule has 2 rings (SSSR count). The van der Waals surface area contributed by atoms with Crippen molar-refractivity contribution in [1.29, 1.82) is 0 Å². The highest BCUT2D eigenvalue weighted by Crippen LogP contribution is 2.54. The summed E-state index contributed by atoms with van der Waals surface area (Å²) in [6, 6.07) is 7.52. The number of benzene rings is 1. The van der Waals surface area contributed by atoms with Gasteiger partial charge in [-0.25, -0.2) is 0 Å². The Balaban J connectivity index is 2.29. The first-order chi connectivity index (χ1) is 6.97. The van der Waals surface area contributed by atoms with Crippen LogP contribution in [0.4, 0.5) is 0 Å². The van der Waals surface area contributed by atoms with E-state index in [9.17, 15) is 5.11 Å². The van der Waals surface area contributed by atoms with Gasteiger partial charge >= 0.3 is 0 Å². The predicted octanol–water partition coefficient (Wildman–Crippen LogP) is 2.41. The van der Waals surface area contributed by atoms with Crippen LogP contribution in [-0.4, -0.2) is 11.7 Å². The number of aromatic hydroxyl groups is 1. The molecule has 3 N–H and O–H groups in total. The first kappa shape index (κ1) is 10.5. The summed E-state index contributed by atoms with van der Waals surface area (Å²) in [5.41, 5.74) is 7.57. The largest absolute Gasteiger partial charge is 0.508 e. The Hall–Kier alpha value is -1.02. The van der Waals surface area contributed by atoms with Gasteiger partial charge in [0.25, 0.3) is 0 Å². The maximum Gasteiger partial charge on any atom is 0.115 e. The van der Waals surface area contributed by atoms with Crippen LogP contribution < -0.4 is 5.73 Å². The molecule has 0 unspecified atom stereocenters. The normalized spacial score (nSPS) is 22.1. The fourth-order valence-electron chi connectivity index (χ4n) is 3.08. The Morgan fingerprint density at radius 3 is 2.47 bits per heavy atom. The SMILES string of the molecule is CC1(C)CC(CN)(c2cccc(O)c2)C1. The number of phenolic OH excluding ortho intramolecular Hbond substituents is 1. The second-order valence-electron chi connectivity index (χ2n) is 5.55. The molecule has 0 atom stereocenters. The van der Waals surface area contributed by atoms with E-state index in [4.69, 9.17) is 5.73 Å². The van der Waals surface area contributed by atoms with E-state index in [2.05, 4.69) is 19.9 Å². The maximum atomic E-state index is 9.48. The van der Waals surface area contributed by atoms with Crippen LogP contribution >= 0.6 is 0 Å². The lowest BCUT2D eigenvalue weighted by molar-refractivity contribution is 0.0632. The molecule has 1 fully saturated rings. The molecule has 0 aromatic heterocycles. The molecule has 0 radical (unpaired) electrons. The van der Waals surface area contributed by atoms with Gasteiger partial charge in [0.2, 0.25) is 0 Å². The highest BCUT2D eigenvalue weighted by atomic mass is 16.3. The van der Waals surface area contributed by atoms with Crippen molar-refractivity contribution < 1.29 is 5.11 Å². The third kappa shape index (κ3) is 1.74. The molecule has 82 valence electrons. The molecule has 15 heavy (non-hydrogen) atoms. The molecule has 0 aliphatic heterocycles. The molecule has 0 spiro atoms. The molecule has 1 aromatic carbocycles. The summed E-state index contributed by atoms with van der Waals surface area (Å²) in [4.78, 5) is 0. The minimum Gasteiger partial charge on any atom is -0.508 e. The van der Waals surface area contributed by atoms with E-state index < -0.39 is 0 Å². The Bertz CT molecular complexity index is 363. The van der Waals surface area contributed by atoms with Gasteiger partial charge in [0, 0.05) is 12.0 Å². The smallest absolute Gasteiger partial charge is 0.115 e. The number of hydrogen-bond acceptors (Lipinski definition) is 2. The minimum atomic E-state index is 0.0994. The molecule has 2 heteroatoms. The molecule has 1 aliphatic carbocycles. The number of nitrogens with two attached hydrogens (primary N) is 1. The third-order valence-electron chi connectivity index (χ3n) is 3.48. The summed E-state index contributed by atoms with van der Waals surface area (Å²) >= 11 is 0. The standard InChI is InChI=1S/C13H19NO/c1-12(2)7-13(8-12,9-14)10-4-3-5-11(15)6-10/h3-6,15H,7-9,14H2,1-2H3. The maximum absolute atomic E-state index is 9.48. The monoisotopic (exact) mass is 205 g/mol. The van der Waals surface area contributed by atoms with Crippen molar-refractivity contribution in [3.8, 4) is 5.75 Å². The first-order valence-electron chi connectivity index (χ1n) is 5.47. The van der Waals surface area contributed by atoms with Crippen LogP contribution in [0.1, 0.15) is 32.3 Å². The van der Waals surface area contributed by atoms with E-state index in [0.29, 0.717) is 17.7 Å². The van der Waals surface area contributed by atoms with E-state index in [1.165, 1.54) is 5.56 Å². The zero-order chi connectivity index (χ0) is 11.1. The van der Waals surface area contributed by atoms with E-state index in [-0.39, 0.29) is 5.41 Å². The summed E-state index contributed by atoms with van der Waals surface area (Å²) in [6.07, 6.45) is 2.22. The van der Waals surface area contributed by atoms with E-state index in [0.717, 1.165) is 12.8 Å². The molecule has 0 bridgehead atoms. The zero-order valence-corrected chi connectivity index (χ0v) is 9.46. The molecule has 2 nitrogen and oxygen atoms in total. The highest BCUT2D eigenvalue weighted by Gasteiger charge is 2.49. The fraction of sp³-hybridized carbons (Fsp3) is 0.538. The molecule has 1 saturated carbocycles. The minimum absolute atomic E-state index is 0.0994. The summed E-state index contributed by atoms with van der Waals surface area (Å²) in [7, 11) is 0. The van der Waals surface area contributed by atoms with E-state index in [1.807, 2.05) is 12.1 Å². The van der Waals surface area contributed by atoms with Gasteiger partial charge in [-0.3, -0.25) is 0 Å². The molecule has 0 saturated heterocycles. The first-order valence-corrected chi connectivity index (χ1v) is 5.47. The molecule has 1 aliphatic rings. The van der Waals surface area contributed by atoms with Crippen molar-refractivity contribution in [2.45, 2.75) is 32.1 Å². The summed E-state index contributed by atoms with van der Waals surface area (Å²) in [6.45, 7) is 5.20. The van der Waals surface area contributed by atoms with Crippen LogP contribution in [0.15, 0.2) is 24.3 Å². The lowest BCUT2D eigenvalue weighted by atomic mass is 9.52. The molecule has 0 heterocycles. The van der Waals surface area contributed by atoms with E-state index in [1.54, 1.807) is 6.07 Å². The van der Waals surface area contributed by atoms with Crippen LogP contribution in [-0.2, 0) is 5.41 Å². The summed E-state index contributed by atoms with van der Waals surface area (Å²) in [5.74, 6) is 0.338. The van der Waals surface area contributed by atoms with Crippen LogP contribution in [0.25, 0.3) is 0 Å². The van der Waals surface area contributed by atoms with Crippen molar-refractivity contribution >= 4 is 0 Å². The van der Waals surface area contributed by atoms with Crippen molar-refractivity contribution in [3.05, 3.63) is 29.8 Å². The lowest BCUT2D eigenvalue weighted by Crippen LogP contribution is -2.51. The van der Waals surface area contributed by atoms with Gasteiger partial charge in [-0.15, -0.1) is 0 Å². The Morgan fingerprint density at radius 2 is 2.00 bits per heavy atom. The van der Waals surface area contributed by atoms with Crippen molar-refractivity contribution in [3.63, 3.8) is 0 Å². The average Bonchev–Trinajstić information content (AvgIpc) is 2.13. The summed E-state index contributed by atoms with van der Waals surface area (Å²) < 4.78 is 0. The van der Waals surface area contributed by atoms with Crippen molar-refractivity contribution in [2.24, 2.45) is 11.1 Å². The average molecular weight is 205 g/mol. The third-order valence-corrected chi connectivity index (χ3v) is 3.48. The van der Waals surface area contributed by atoms with Gasteiger partial charge in [0.1, 0.15) is 5.75 Å². The Morgan fingerprint density at radius 1 is 1.33 bits per heavy atom. The van der Waals surface area contributed by atoms with Gasteiger partial charge < -0.3 is 10.8 Å². The lowest BCUT2D eigenvalue weighted by Gasteiger charge is -2.53. The Labute approximate surface area is 91.1 Å². The molecule has 0 amide bonds. The van der Waals surface area contributed by atoms with Crippen molar-refractivity contribution in [1.82, 2.24) is 0 Å². The topological polar surface area (TPSA) is 46.2 Å². The molecular formula is C13H19NO. The van der Waals surface area contributed by atoms with Crippen LogP contribution in [0.3, 0.4) is 0 Å². The number of rotatable bonds is 2. The van der Waals surface area contributed by atoms with Crippen LogP contribution in [0, 0.1) is 5.41 Å². The Kier molecular flexibility index (Phi) is 2.27. The fourth-order valence-corrected chi connectivity index (χ4v) is 3.08. The van der Waals surface area contributed by atoms with Gasteiger partial charge in [0.05, 0.1) is 0 Å². The van der Waals surface area contributed by atoms with Gasteiger partial charge in [-0.1, -0.05) is 26.0 Å². The predicted molar refractivity (Wildman–Crippen MR) is 61.9 cm³/mol. The van der Waals surface area contributed by atoms with Gasteiger partial charge in [-0.05, 0) is 36.0 Å². The van der Waals surface area contributed by atoms with Gasteiger partial charge in [0.15, 0.2) is 0 Å². The molecule has 1 aromatic rings. The summed E-state index contributed by atoms with van der Waals surface area (Å²) in [5, 5.41) is 9.48. The quantitative estimate of drug-likeness (QED) is 0.778. The van der Waals surface area contributed by atoms with E-state index >= 15 is 0 Å². The number of phenols is 1. The van der Waals surface area contributed by atoms with Crippen molar-refractivity contribution in [2.75, 3.05) is 6.54 Å². The highest BCUT2D eigenvalue weighted by molar-refractivity contribution is 5.36. The molecular weight excluding hydrogens is 186 g/mol. The van der Waals surface area contributed by atoms with Gasteiger partial charge in [-0.2, -0.15) is 0 Å². The second-order valence-corrected chi connectivity index (χ2v) is 5.55. The zero-order valence-electron chi connectivity index (χ0n) is 9.46. The van der Waals surface area contributed by atoms with Crippen LogP contribution in [0.5, 0.6) is 5.75 Å². The van der Waals surface area contributed by atoms with Crippen LogP contribution in [0.2, 0.25) is 0 Å². The second kappa shape index (κ2) is 3.24.